The number of carboxylic acids is 1. The summed E-state index contributed by atoms with van der Waals surface area (Å²) in [6, 6.07) is 1.10. The average Bonchev–Trinajstić information content (AvgIpc) is 2.94. The van der Waals surface area contributed by atoms with Crippen molar-refractivity contribution < 1.29 is 28.2 Å². The zero-order valence-corrected chi connectivity index (χ0v) is 11.2. The van der Waals surface area contributed by atoms with Crippen molar-refractivity contribution >= 4 is 11.9 Å². The highest BCUT2D eigenvalue weighted by Crippen LogP contribution is 2.17. The second kappa shape index (κ2) is 6.62. The van der Waals surface area contributed by atoms with E-state index in [4.69, 9.17) is 9.84 Å². The molecule has 1 aromatic carbocycles. The number of aromatic carboxylic acids is 1. The van der Waals surface area contributed by atoms with E-state index in [2.05, 4.69) is 5.32 Å². The fraction of sp³-hybridized carbons (Fsp3) is 0.429. The highest BCUT2D eigenvalue weighted by Gasteiger charge is 2.21. The van der Waals surface area contributed by atoms with Gasteiger partial charge in [-0.25, -0.2) is 13.6 Å². The Kier molecular flexibility index (Phi) is 4.85. The quantitative estimate of drug-likeness (QED) is 0.871. The maximum atomic E-state index is 13.2. The first-order valence-corrected chi connectivity index (χ1v) is 6.61. The molecule has 0 radical (unpaired) electrons. The van der Waals surface area contributed by atoms with Gasteiger partial charge in [0.25, 0.3) is 5.91 Å². The summed E-state index contributed by atoms with van der Waals surface area (Å²) in [4.78, 5) is 22.9. The van der Waals surface area contributed by atoms with Gasteiger partial charge in [0.2, 0.25) is 0 Å². The predicted octanol–water partition coefficient (Wildman–Crippen LogP) is 1.96. The monoisotopic (exact) mass is 299 g/mol. The minimum atomic E-state index is -1.49. The van der Waals surface area contributed by atoms with Crippen molar-refractivity contribution in [3.05, 3.63) is 34.9 Å². The van der Waals surface area contributed by atoms with E-state index in [1.165, 1.54) is 0 Å². The SMILES string of the molecule is O=C(O)c1cc(F)c(F)cc1C(=O)NCCC1CCCO1. The molecule has 7 heteroatoms. The zero-order chi connectivity index (χ0) is 15.4. The second-order valence-corrected chi connectivity index (χ2v) is 4.80. The van der Waals surface area contributed by atoms with Crippen LogP contribution in [0.1, 0.15) is 40.0 Å². The van der Waals surface area contributed by atoms with Crippen molar-refractivity contribution in [3.63, 3.8) is 0 Å². The third-order valence-corrected chi connectivity index (χ3v) is 3.31. The summed E-state index contributed by atoms with van der Waals surface area (Å²) in [6.07, 6.45) is 2.57. The molecule has 0 bridgehead atoms. The highest BCUT2D eigenvalue weighted by molar-refractivity contribution is 6.04. The van der Waals surface area contributed by atoms with Gasteiger partial charge in [0.15, 0.2) is 11.6 Å². The number of halogens is 2. The third kappa shape index (κ3) is 3.75. The average molecular weight is 299 g/mol. The van der Waals surface area contributed by atoms with E-state index in [0.717, 1.165) is 12.8 Å². The second-order valence-electron chi connectivity index (χ2n) is 4.80. The van der Waals surface area contributed by atoms with Crippen molar-refractivity contribution in [2.24, 2.45) is 0 Å². The summed E-state index contributed by atoms with van der Waals surface area (Å²) < 4.78 is 31.6. The molecule has 1 aromatic rings. The van der Waals surface area contributed by atoms with Gasteiger partial charge < -0.3 is 15.2 Å². The maximum Gasteiger partial charge on any atom is 0.336 e. The van der Waals surface area contributed by atoms with Gasteiger partial charge in [-0.1, -0.05) is 0 Å². The summed E-state index contributed by atoms with van der Waals surface area (Å²) >= 11 is 0. The molecule has 1 aliphatic rings. The molecule has 1 unspecified atom stereocenters. The van der Waals surface area contributed by atoms with E-state index in [9.17, 15) is 18.4 Å². The molecule has 1 aliphatic heterocycles. The van der Waals surface area contributed by atoms with Crippen molar-refractivity contribution in [1.29, 1.82) is 0 Å². The Balaban J connectivity index is 2.03. The lowest BCUT2D eigenvalue weighted by atomic mass is 10.1. The fourth-order valence-electron chi connectivity index (χ4n) is 2.23. The Morgan fingerprint density at radius 1 is 1.29 bits per heavy atom. The van der Waals surface area contributed by atoms with Crippen LogP contribution in [0.5, 0.6) is 0 Å². The Hall–Kier alpha value is -2.02. The highest BCUT2D eigenvalue weighted by atomic mass is 19.2. The molecule has 2 N–H and O–H groups in total. The van der Waals surface area contributed by atoms with Crippen LogP contribution in [0, 0.1) is 11.6 Å². The number of hydrogen-bond acceptors (Lipinski definition) is 3. The molecular formula is C14H15F2NO4. The lowest BCUT2D eigenvalue weighted by Gasteiger charge is -2.11. The van der Waals surface area contributed by atoms with Gasteiger partial charge in [-0.2, -0.15) is 0 Å². The third-order valence-electron chi connectivity index (χ3n) is 3.31. The number of nitrogens with one attached hydrogen (secondary N) is 1. The molecule has 1 heterocycles. The molecule has 5 nitrogen and oxygen atoms in total. The molecule has 1 atom stereocenters. The van der Waals surface area contributed by atoms with Crippen molar-refractivity contribution in [3.8, 4) is 0 Å². The number of benzene rings is 1. The Labute approximate surface area is 119 Å². The van der Waals surface area contributed by atoms with Gasteiger partial charge in [0, 0.05) is 13.2 Å². The Morgan fingerprint density at radius 2 is 1.95 bits per heavy atom. The maximum absolute atomic E-state index is 13.2. The molecule has 0 aromatic heterocycles. The van der Waals surface area contributed by atoms with Gasteiger partial charge in [0.1, 0.15) is 0 Å². The number of carbonyl (C=O) groups excluding carboxylic acids is 1. The van der Waals surface area contributed by atoms with Crippen molar-refractivity contribution in [2.45, 2.75) is 25.4 Å². The lowest BCUT2D eigenvalue weighted by molar-refractivity contribution is 0.0689. The summed E-state index contributed by atoms with van der Waals surface area (Å²) in [5, 5.41) is 11.4. The standard InChI is InChI=1S/C14H15F2NO4/c15-11-6-9(10(14(19)20)7-12(11)16)13(18)17-4-3-8-2-1-5-21-8/h6-8H,1-5H2,(H,17,18)(H,19,20). The Morgan fingerprint density at radius 3 is 2.52 bits per heavy atom. The van der Waals surface area contributed by atoms with Crippen LogP contribution in [-0.4, -0.2) is 36.2 Å². The summed E-state index contributed by atoms with van der Waals surface area (Å²) in [5.41, 5.74) is -0.961. The topological polar surface area (TPSA) is 75.6 Å². The molecule has 1 saturated heterocycles. The molecule has 114 valence electrons. The van der Waals surface area contributed by atoms with Crippen LogP contribution < -0.4 is 5.32 Å². The summed E-state index contributed by atoms with van der Waals surface area (Å²) in [6.45, 7) is 0.979. The summed E-state index contributed by atoms with van der Waals surface area (Å²) in [7, 11) is 0. The van der Waals surface area contributed by atoms with E-state index in [1.54, 1.807) is 0 Å². The van der Waals surface area contributed by atoms with Crippen LogP contribution in [0.15, 0.2) is 12.1 Å². The first-order chi connectivity index (χ1) is 9.99. The lowest BCUT2D eigenvalue weighted by Crippen LogP contribution is -2.28. The molecule has 0 saturated carbocycles. The van der Waals surface area contributed by atoms with Crippen LogP contribution in [0.25, 0.3) is 0 Å². The van der Waals surface area contributed by atoms with Crippen molar-refractivity contribution in [2.75, 3.05) is 13.2 Å². The van der Waals surface area contributed by atoms with Gasteiger partial charge in [-0.3, -0.25) is 4.79 Å². The number of ether oxygens (including phenoxy) is 1. The van der Waals surface area contributed by atoms with Crippen molar-refractivity contribution in [1.82, 2.24) is 5.32 Å². The zero-order valence-electron chi connectivity index (χ0n) is 11.2. The molecule has 0 spiro atoms. The molecule has 21 heavy (non-hydrogen) atoms. The molecule has 2 rings (SSSR count). The van der Waals surface area contributed by atoms with Gasteiger partial charge in [0.05, 0.1) is 17.2 Å². The van der Waals surface area contributed by atoms with Crippen LogP contribution >= 0.6 is 0 Å². The number of amides is 1. The van der Waals surface area contributed by atoms with Gasteiger partial charge in [-0.05, 0) is 31.4 Å². The first-order valence-electron chi connectivity index (χ1n) is 6.61. The minimum Gasteiger partial charge on any atom is -0.478 e. The first kappa shape index (κ1) is 15.4. The van der Waals surface area contributed by atoms with E-state index in [-0.39, 0.29) is 12.6 Å². The van der Waals surface area contributed by atoms with Crippen LogP contribution in [0.3, 0.4) is 0 Å². The normalized spacial score (nSPS) is 17.7. The number of carbonyl (C=O) groups is 2. The fourth-order valence-corrected chi connectivity index (χ4v) is 2.23. The smallest absolute Gasteiger partial charge is 0.336 e. The van der Waals surface area contributed by atoms with E-state index < -0.39 is 34.6 Å². The predicted molar refractivity (Wildman–Crippen MR) is 69.2 cm³/mol. The number of hydrogen-bond donors (Lipinski definition) is 2. The van der Waals surface area contributed by atoms with E-state index in [1.807, 2.05) is 0 Å². The molecule has 1 fully saturated rings. The molecule has 1 amide bonds. The molecule has 0 aliphatic carbocycles. The van der Waals surface area contributed by atoms with Crippen LogP contribution in [0.2, 0.25) is 0 Å². The van der Waals surface area contributed by atoms with Crippen LogP contribution in [-0.2, 0) is 4.74 Å². The van der Waals surface area contributed by atoms with E-state index >= 15 is 0 Å². The van der Waals surface area contributed by atoms with Gasteiger partial charge >= 0.3 is 5.97 Å². The largest absolute Gasteiger partial charge is 0.478 e. The molecular weight excluding hydrogens is 284 g/mol. The van der Waals surface area contributed by atoms with Crippen LogP contribution in [0.4, 0.5) is 8.78 Å². The van der Waals surface area contributed by atoms with E-state index in [0.29, 0.717) is 25.2 Å². The Bertz CT molecular complexity index is 556. The summed E-state index contributed by atoms with van der Waals surface area (Å²) in [5.74, 6) is -4.80. The minimum absolute atomic E-state index is 0.0780. The number of rotatable bonds is 5. The van der Waals surface area contributed by atoms with Gasteiger partial charge in [-0.15, -0.1) is 0 Å². The number of carboxylic acid groups (broad SMARTS) is 1.